The fourth-order valence-corrected chi connectivity index (χ4v) is 4.03. The molecule has 1 heterocycles. The smallest absolute Gasteiger partial charge is 0.336 e. The van der Waals surface area contributed by atoms with Crippen LogP contribution in [0.1, 0.15) is 68.2 Å². The van der Waals surface area contributed by atoms with E-state index in [2.05, 4.69) is 26.0 Å². The summed E-state index contributed by atoms with van der Waals surface area (Å²) in [6.07, 6.45) is 0.262. The molecule has 1 aliphatic rings. The van der Waals surface area contributed by atoms with E-state index in [9.17, 15) is 9.59 Å². The van der Waals surface area contributed by atoms with Gasteiger partial charge in [-0.25, -0.2) is 4.79 Å². The lowest BCUT2D eigenvalue weighted by atomic mass is 9.83. The summed E-state index contributed by atoms with van der Waals surface area (Å²) in [7, 11) is 0. The van der Waals surface area contributed by atoms with Gasteiger partial charge in [-0.3, -0.25) is 4.79 Å². The van der Waals surface area contributed by atoms with Gasteiger partial charge in [0.05, 0.1) is 18.7 Å². The monoisotopic (exact) mass is 405 g/mol. The highest BCUT2D eigenvalue weighted by atomic mass is 16.5. The zero-order valence-electron chi connectivity index (χ0n) is 18.6. The molecular weight excluding hydrogens is 374 g/mol. The van der Waals surface area contributed by atoms with Crippen LogP contribution in [0.3, 0.4) is 0 Å². The van der Waals surface area contributed by atoms with Gasteiger partial charge in [-0.05, 0) is 48.9 Å². The molecule has 1 unspecified atom stereocenters. The molecule has 4 nitrogen and oxygen atoms in total. The number of rotatable bonds is 6. The van der Waals surface area contributed by atoms with Gasteiger partial charge in [0.2, 0.25) is 5.91 Å². The molecule has 2 aromatic carbocycles. The molecule has 30 heavy (non-hydrogen) atoms. The van der Waals surface area contributed by atoms with Gasteiger partial charge >= 0.3 is 5.97 Å². The Kier molecular flexibility index (Phi) is 6.76. The maximum absolute atomic E-state index is 13.1. The Bertz CT molecular complexity index is 956. The lowest BCUT2D eigenvalue weighted by Crippen LogP contribution is -2.38. The van der Waals surface area contributed by atoms with Crippen LogP contribution in [0.4, 0.5) is 0 Å². The molecule has 158 valence electrons. The van der Waals surface area contributed by atoms with Gasteiger partial charge in [0.1, 0.15) is 0 Å². The first kappa shape index (κ1) is 21.8. The highest BCUT2D eigenvalue weighted by Crippen LogP contribution is 2.38. The molecule has 0 fully saturated rings. The second kappa shape index (κ2) is 9.29. The van der Waals surface area contributed by atoms with E-state index in [1.165, 1.54) is 5.56 Å². The quantitative estimate of drug-likeness (QED) is 0.599. The summed E-state index contributed by atoms with van der Waals surface area (Å²) in [5.41, 5.74) is 5.69. The summed E-state index contributed by atoms with van der Waals surface area (Å²) < 4.78 is 5.39. The van der Waals surface area contributed by atoms with Gasteiger partial charge in [-0.15, -0.1) is 0 Å². The highest BCUT2D eigenvalue weighted by Gasteiger charge is 2.37. The minimum Gasteiger partial charge on any atom is -0.463 e. The first-order chi connectivity index (χ1) is 14.3. The number of allylic oxidation sites excluding steroid dienone is 1. The van der Waals surface area contributed by atoms with E-state index in [-0.39, 0.29) is 24.2 Å². The average Bonchev–Trinajstić information content (AvgIpc) is 2.72. The predicted molar refractivity (Wildman–Crippen MR) is 119 cm³/mol. The maximum atomic E-state index is 13.1. The molecule has 2 aromatic rings. The van der Waals surface area contributed by atoms with Crippen LogP contribution in [0, 0.1) is 6.92 Å². The summed E-state index contributed by atoms with van der Waals surface area (Å²) in [4.78, 5) is 27.8. The zero-order chi connectivity index (χ0) is 21.8. The van der Waals surface area contributed by atoms with Crippen LogP contribution < -0.4 is 0 Å². The van der Waals surface area contributed by atoms with Gasteiger partial charge in [0.15, 0.2) is 0 Å². The third kappa shape index (κ3) is 4.48. The van der Waals surface area contributed by atoms with Crippen LogP contribution in [-0.4, -0.2) is 23.4 Å². The molecule has 0 radical (unpaired) electrons. The number of aryl methyl sites for hydroxylation is 1. The van der Waals surface area contributed by atoms with E-state index in [4.69, 9.17) is 4.74 Å². The Morgan fingerprint density at radius 2 is 1.77 bits per heavy atom. The largest absolute Gasteiger partial charge is 0.463 e. The minimum absolute atomic E-state index is 0.0294. The van der Waals surface area contributed by atoms with Gasteiger partial charge in [0.25, 0.3) is 0 Å². The van der Waals surface area contributed by atoms with Crippen molar-refractivity contribution in [3.05, 3.63) is 82.1 Å². The molecule has 0 bridgehead atoms. The van der Waals surface area contributed by atoms with Crippen LogP contribution in [0.2, 0.25) is 0 Å². The van der Waals surface area contributed by atoms with Gasteiger partial charge in [0, 0.05) is 18.0 Å². The van der Waals surface area contributed by atoms with Crippen LogP contribution >= 0.6 is 0 Å². The Balaban J connectivity index is 2.02. The van der Waals surface area contributed by atoms with Crippen molar-refractivity contribution in [1.82, 2.24) is 4.90 Å². The van der Waals surface area contributed by atoms with E-state index in [1.807, 2.05) is 50.2 Å². The minimum atomic E-state index is -0.338. The number of carbonyl (C=O) groups is 2. The molecule has 3 rings (SSSR count). The lowest BCUT2D eigenvalue weighted by Gasteiger charge is -2.35. The third-order valence-corrected chi connectivity index (χ3v) is 5.91. The van der Waals surface area contributed by atoms with E-state index in [0.717, 1.165) is 16.7 Å². The third-order valence-electron chi connectivity index (χ3n) is 5.91. The fourth-order valence-electron chi connectivity index (χ4n) is 4.03. The zero-order valence-corrected chi connectivity index (χ0v) is 18.6. The van der Waals surface area contributed by atoms with Crippen molar-refractivity contribution in [3.8, 4) is 0 Å². The van der Waals surface area contributed by atoms with Crippen molar-refractivity contribution in [1.29, 1.82) is 0 Å². The average molecular weight is 406 g/mol. The Hall–Kier alpha value is -2.88. The van der Waals surface area contributed by atoms with Crippen molar-refractivity contribution in [2.24, 2.45) is 0 Å². The molecule has 1 aliphatic heterocycles. The van der Waals surface area contributed by atoms with Crippen LogP contribution in [0.15, 0.2) is 59.8 Å². The van der Waals surface area contributed by atoms with Crippen LogP contribution in [-0.2, 0) is 20.9 Å². The molecule has 4 heteroatoms. The molecule has 0 saturated heterocycles. The second-order valence-electron chi connectivity index (χ2n) is 8.20. The van der Waals surface area contributed by atoms with E-state index < -0.39 is 0 Å². The highest BCUT2D eigenvalue weighted by molar-refractivity contribution is 5.95. The molecule has 0 aromatic heterocycles. The first-order valence-corrected chi connectivity index (χ1v) is 10.7. The van der Waals surface area contributed by atoms with Crippen molar-refractivity contribution in [2.45, 2.75) is 59.4 Å². The molecule has 1 amide bonds. The summed E-state index contributed by atoms with van der Waals surface area (Å²) in [6, 6.07) is 16.3. The van der Waals surface area contributed by atoms with E-state index in [1.54, 1.807) is 11.8 Å². The van der Waals surface area contributed by atoms with Gasteiger partial charge in [-0.2, -0.15) is 0 Å². The van der Waals surface area contributed by atoms with Crippen molar-refractivity contribution < 1.29 is 14.3 Å². The number of esters is 1. The topological polar surface area (TPSA) is 46.6 Å². The Labute approximate surface area is 179 Å². The molecule has 0 N–H and O–H groups in total. The molecule has 0 spiro atoms. The molecule has 0 aliphatic carbocycles. The van der Waals surface area contributed by atoms with Crippen molar-refractivity contribution in [3.63, 3.8) is 0 Å². The number of benzene rings is 2. The van der Waals surface area contributed by atoms with Gasteiger partial charge in [-0.1, -0.05) is 62.4 Å². The summed E-state index contributed by atoms with van der Waals surface area (Å²) in [6.45, 7) is 10.8. The number of carbonyl (C=O) groups excluding carboxylic acids is 2. The van der Waals surface area contributed by atoms with Crippen LogP contribution in [0.5, 0.6) is 0 Å². The number of hydrogen-bond acceptors (Lipinski definition) is 3. The summed E-state index contributed by atoms with van der Waals surface area (Å²) in [5, 5.41) is 0. The molecular formula is C26H31NO3. The predicted octanol–water partition coefficient (Wildman–Crippen LogP) is 5.47. The van der Waals surface area contributed by atoms with Gasteiger partial charge < -0.3 is 9.64 Å². The second-order valence-corrected chi connectivity index (χ2v) is 8.20. The Morgan fingerprint density at radius 3 is 2.37 bits per heavy atom. The standard InChI is InChI=1S/C26H31NO3/c1-6-30-26(29)25-19(5)27(16-22-10-8-7-9-18(22)4)24(28)15-23(25)21-13-11-20(12-14-21)17(2)3/h7-14,17,23H,6,15-16H2,1-5H3. The molecule has 0 saturated carbocycles. The van der Waals surface area contributed by atoms with E-state index in [0.29, 0.717) is 30.3 Å². The number of amides is 1. The summed E-state index contributed by atoms with van der Waals surface area (Å²) in [5.74, 6) is -0.165. The number of hydrogen-bond donors (Lipinski definition) is 0. The Morgan fingerprint density at radius 1 is 1.10 bits per heavy atom. The first-order valence-electron chi connectivity index (χ1n) is 10.7. The van der Waals surface area contributed by atoms with Crippen molar-refractivity contribution in [2.75, 3.05) is 6.61 Å². The summed E-state index contributed by atoms with van der Waals surface area (Å²) >= 11 is 0. The lowest BCUT2D eigenvalue weighted by molar-refractivity contribution is -0.140. The van der Waals surface area contributed by atoms with Crippen LogP contribution in [0.25, 0.3) is 0 Å². The number of nitrogens with zero attached hydrogens (tertiary/aromatic N) is 1. The fraction of sp³-hybridized carbons (Fsp3) is 0.385. The van der Waals surface area contributed by atoms with E-state index >= 15 is 0 Å². The molecule has 1 atom stereocenters. The maximum Gasteiger partial charge on any atom is 0.336 e. The SMILES string of the molecule is CCOC(=O)C1=C(C)N(Cc2ccccc2C)C(=O)CC1c1ccc(C(C)C)cc1. The normalized spacial score (nSPS) is 16.9. The number of ether oxygens (including phenoxy) is 1. The van der Waals surface area contributed by atoms with Crippen molar-refractivity contribution >= 4 is 11.9 Å².